The molecule has 0 radical (unpaired) electrons. The van der Waals surface area contributed by atoms with Crippen LogP contribution in [0, 0.1) is 0 Å². The smallest absolute Gasteiger partial charge is 0.323 e. The molecule has 0 aliphatic carbocycles. The molecular weight excluding hydrogens is 346 g/mol. The Hall–Kier alpha value is -3.15. The lowest BCUT2D eigenvalue weighted by Gasteiger charge is -2.31. The molecule has 1 atom stereocenters. The number of hydrogen-bond acceptors (Lipinski definition) is 5. The van der Waals surface area contributed by atoms with Gasteiger partial charge in [-0.05, 0) is 43.2 Å². The number of amides is 2. The molecule has 0 spiro atoms. The number of hydrogen-bond donors (Lipinski definition) is 0. The monoisotopic (exact) mass is 367 g/mol. The van der Waals surface area contributed by atoms with Crippen LogP contribution < -0.4 is 4.74 Å². The third kappa shape index (κ3) is 3.69. The highest BCUT2D eigenvalue weighted by atomic mass is 16.5. The Morgan fingerprint density at radius 2 is 1.70 bits per heavy atom. The van der Waals surface area contributed by atoms with Gasteiger partial charge < -0.3 is 9.47 Å². The van der Waals surface area contributed by atoms with Crippen molar-refractivity contribution in [2.24, 2.45) is 0 Å². The lowest BCUT2D eigenvalue weighted by atomic mass is 9.88. The fraction of sp³-hybridized carbons (Fsp3) is 0.286. The van der Waals surface area contributed by atoms with E-state index in [1.54, 1.807) is 55.5 Å². The molecule has 1 aliphatic heterocycles. The van der Waals surface area contributed by atoms with Crippen LogP contribution in [0.1, 0.15) is 41.3 Å². The topological polar surface area (TPSA) is 72.9 Å². The van der Waals surface area contributed by atoms with Crippen molar-refractivity contribution in [3.63, 3.8) is 0 Å². The Kier molecular flexibility index (Phi) is 5.54. The lowest BCUT2D eigenvalue weighted by molar-refractivity contribution is -0.150. The largest absolute Gasteiger partial charge is 0.494 e. The van der Waals surface area contributed by atoms with E-state index in [0.717, 1.165) is 10.5 Å². The summed E-state index contributed by atoms with van der Waals surface area (Å²) in [4.78, 5) is 39.3. The van der Waals surface area contributed by atoms with Crippen LogP contribution in [0.4, 0.5) is 0 Å². The molecule has 3 rings (SSSR count). The van der Waals surface area contributed by atoms with Crippen molar-refractivity contribution in [3.05, 3.63) is 65.2 Å². The van der Waals surface area contributed by atoms with Crippen LogP contribution in [0.25, 0.3) is 0 Å². The van der Waals surface area contributed by atoms with Crippen molar-refractivity contribution >= 4 is 17.8 Å². The first kappa shape index (κ1) is 18.6. The van der Waals surface area contributed by atoms with Crippen LogP contribution in [-0.4, -0.2) is 35.9 Å². The Bertz CT molecular complexity index is 859. The van der Waals surface area contributed by atoms with E-state index in [-0.39, 0.29) is 13.2 Å². The number of benzene rings is 2. The van der Waals surface area contributed by atoms with Crippen LogP contribution in [-0.2, 0) is 20.9 Å². The molecular formula is C21H21NO5. The SMILES string of the molecule is CCOC(=O)C1C(=O)N(Cc2ccc(OCC)cc2)C(=O)c2ccccc21. The number of fused-ring (bicyclic) bond motifs is 1. The highest BCUT2D eigenvalue weighted by Crippen LogP contribution is 2.31. The number of carbonyl (C=O) groups excluding carboxylic acids is 3. The maximum Gasteiger partial charge on any atom is 0.323 e. The third-order valence-corrected chi connectivity index (χ3v) is 4.36. The molecule has 0 fully saturated rings. The Morgan fingerprint density at radius 1 is 1.00 bits per heavy atom. The van der Waals surface area contributed by atoms with E-state index in [0.29, 0.717) is 23.5 Å². The van der Waals surface area contributed by atoms with Crippen molar-refractivity contribution in [3.8, 4) is 5.75 Å². The van der Waals surface area contributed by atoms with Crippen LogP contribution in [0.2, 0.25) is 0 Å². The van der Waals surface area contributed by atoms with Crippen molar-refractivity contribution < 1.29 is 23.9 Å². The summed E-state index contributed by atoms with van der Waals surface area (Å²) in [7, 11) is 0. The number of rotatable bonds is 6. The first-order valence-electron chi connectivity index (χ1n) is 8.89. The molecule has 0 bridgehead atoms. The zero-order valence-electron chi connectivity index (χ0n) is 15.3. The molecule has 2 aromatic carbocycles. The number of nitrogens with zero attached hydrogens (tertiary/aromatic N) is 1. The number of esters is 1. The summed E-state index contributed by atoms with van der Waals surface area (Å²) in [5.41, 5.74) is 1.51. The van der Waals surface area contributed by atoms with Gasteiger partial charge in [0.25, 0.3) is 5.91 Å². The minimum absolute atomic E-state index is 0.0777. The second-order valence-corrected chi connectivity index (χ2v) is 6.08. The Balaban J connectivity index is 1.92. The average molecular weight is 367 g/mol. The van der Waals surface area contributed by atoms with Gasteiger partial charge in [-0.15, -0.1) is 0 Å². The zero-order valence-corrected chi connectivity index (χ0v) is 15.3. The Labute approximate surface area is 157 Å². The van der Waals surface area contributed by atoms with Crippen LogP contribution in [0.15, 0.2) is 48.5 Å². The predicted molar refractivity (Wildman–Crippen MR) is 98.3 cm³/mol. The van der Waals surface area contributed by atoms with Crippen molar-refractivity contribution in [1.29, 1.82) is 0 Å². The second-order valence-electron chi connectivity index (χ2n) is 6.08. The molecule has 2 amide bonds. The number of imide groups is 1. The molecule has 0 saturated carbocycles. The summed E-state index contributed by atoms with van der Waals surface area (Å²) in [5, 5.41) is 0. The summed E-state index contributed by atoms with van der Waals surface area (Å²) in [6.45, 7) is 4.37. The lowest BCUT2D eigenvalue weighted by Crippen LogP contribution is -2.46. The van der Waals surface area contributed by atoms with Gasteiger partial charge in [0.05, 0.1) is 19.8 Å². The van der Waals surface area contributed by atoms with Gasteiger partial charge >= 0.3 is 5.97 Å². The number of ether oxygens (including phenoxy) is 2. The summed E-state index contributed by atoms with van der Waals surface area (Å²) in [6, 6.07) is 13.8. The van der Waals surface area contributed by atoms with Gasteiger partial charge in [-0.1, -0.05) is 30.3 Å². The first-order chi connectivity index (χ1) is 13.1. The molecule has 6 heteroatoms. The van der Waals surface area contributed by atoms with Gasteiger partial charge in [-0.25, -0.2) is 0 Å². The van der Waals surface area contributed by atoms with Crippen LogP contribution in [0.5, 0.6) is 5.75 Å². The number of carbonyl (C=O) groups is 3. The molecule has 6 nitrogen and oxygen atoms in total. The molecule has 2 aromatic rings. The standard InChI is InChI=1S/C21H21NO5/c1-3-26-15-11-9-14(10-12-15)13-22-19(23)17-8-6-5-7-16(17)18(20(22)24)21(25)27-4-2/h5-12,18H,3-4,13H2,1-2H3. The minimum Gasteiger partial charge on any atom is -0.494 e. The predicted octanol–water partition coefficient (Wildman–Crippen LogP) is 2.91. The van der Waals surface area contributed by atoms with Gasteiger partial charge in [0.1, 0.15) is 5.75 Å². The summed E-state index contributed by atoms with van der Waals surface area (Å²) in [6.07, 6.45) is 0. The highest BCUT2D eigenvalue weighted by molar-refractivity contribution is 6.17. The van der Waals surface area contributed by atoms with Gasteiger partial charge in [0.15, 0.2) is 5.92 Å². The molecule has 1 unspecified atom stereocenters. The van der Waals surface area contributed by atoms with E-state index in [9.17, 15) is 14.4 Å². The normalized spacial score (nSPS) is 16.1. The Morgan fingerprint density at radius 3 is 2.37 bits per heavy atom. The molecule has 0 N–H and O–H groups in total. The highest BCUT2D eigenvalue weighted by Gasteiger charge is 2.43. The van der Waals surface area contributed by atoms with E-state index >= 15 is 0 Å². The first-order valence-corrected chi connectivity index (χ1v) is 8.89. The van der Waals surface area contributed by atoms with Crippen molar-refractivity contribution in [2.45, 2.75) is 26.3 Å². The molecule has 1 heterocycles. The molecule has 0 saturated heterocycles. The third-order valence-electron chi connectivity index (χ3n) is 4.36. The fourth-order valence-electron chi connectivity index (χ4n) is 3.12. The van der Waals surface area contributed by atoms with Gasteiger partial charge in [-0.3, -0.25) is 19.3 Å². The minimum atomic E-state index is -1.12. The zero-order chi connectivity index (χ0) is 19.4. The van der Waals surface area contributed by atoms with Crippen molar-refractivity contribution in [1.82, 2.24) is 4.90 Å². The fourth-order valence-corrected chi connectivity index (χ4v) is 3.12. The molecule has 0 aromatic heterocycles. The second kappa shape index (κ2) is 8.03. The summed E-state index contributed by atoms with van der Waals surface area (Å²) < 4.78 is 10.5. The van der Waals surface area contributed by atoms with E-state index in [1.807, 2.05) is 6.92 Å². The van der Waals surface area contributed by atoms with Crippen LogP contribution in [0.3, 0.4) is 0 Å². The van der Waals surface area contributed by atoms with E-state index in [4.69, 9.17) is 9.47 Å². The van der Waals surface area contributed by atoms with E-state index < -0.39 is 23.7 Å². The van der Waals surface area contributed by atoms with Gasteiger partial charge in [0, 0.05) is 5.56 Å². The maximum absolute atomic E-state index is 13.0. The molecule has 140 valence electrons. The molecule has 1 aliphatic rings. The maximum atomic E-state index is 13.0. The van der Waals surface area contributed by atoms with Gasteiger partial charge in [0.2, 0.25) is 5.91 Å². The van der Waals surface area contributed by atoms with E-state index in [2.05, 4.69) is 0 Å². The van der Waals surface area contributed by atoms with Crippen molar-refractivity contribution in [2.75, 3.05) is 13.2 Å². The van der Waals surface area contributed by atoms with E-state index in [1.165, 1.54) is 0 Å². The average Bonchev–Trinajstić information content (AvgIpc) is 2.67. The molecule has 27 heavy (non-hydrogen) atoms. The summed E-state index contributed by atoms with van der Waals surface area (Å²) >= 11 is 0. The quantitative estimate of drug-likeness (QED) is 0.446. The summed E-state index contributed by atoms with van der Waals surface area (Å²) in [5.74, 6) is -2.02. The van der Waals surface area contributed by atoms with Crippen LogP contribution >= 0.6 is 0 Å². The van der Waals surface area contributed by atoms with Gasteiger partial charge in [-0.2, -0.15) is 0 Å².